The monoisotopic (exact) mass is 409 g/mol. The first kappa shape index (κ1) is 20.6. The summed E-state index contributed by atoms with van der Waals surface area (Å²) in [5.41, 5.74) is 2.31. The average molecular weight is 410 g/mol. The van der Waals surface area contributed by atoms with E-state index in [0.717, 1.165) is 21.9 Å². The molecule has 0 unspecified atom stereocenters. The standard InChI is InChI=1S/C23H23NO4S/c1-3-19-8-7-9-21(16-19)28-17-23(25)24(20-14-12-18(2)13-15-20)29(26,27)22-10-5-4-6-11-22/h4-16H,3,17H2,1-2H3. The SMILES string of the molecule is CCc1cccc(OCC(=O)N(c2ccc(C)cc2)S(=O)(=O)c2ccccc2)c1. The number of carbonyl (C=O) groups excluding carboxylic acids is 1. The number of nitrogens with zero attached hydrogens (tertiary/aromatic N) is 1. The van der Waals surface area contributed by atoms with E-state index in [0.29, 0.717) is 5.75 Å². The maximum absolute atomic E-state index is 13.2. The first-order valence-corrected chi connectivity index (χ1v) is 10.8. The normalized spacial score (nSPS) is 11.1. The van der Waals surface area contributed by atoms with Gasteiger partial charge in [0.05, 0.1) is 10.6 Å². The Hall–Kier alpha value is -3.12. The van der Waals surface area contributed by atoms with Crippen molar-refractivity contribution in [2.45, 2.75) is 25.2 Å². The molecule has 3 rings (SSSR count). The zero-order valence-corrected chi connectivity index (χ0v) is 17.2. The fourth-order valence-electron chi connectivity index (χ4n) is 2.85. The molecule has 0 atom stereocenters. The van der Waals surface area contributed by atoms with Gasteiger partial charge in [-0.2, -0.15) is 4.31 Å². The van der Waals surface area contributed by atoms with E-state index < -0.39 is 22.5 Å². The molecular formula is C23H23NO4S. The number of sulfonamides is 1. The number of hydrogen-bond acceptors (Lipinski definition) is 4. The Morgan fingerprint density at radius 3 is 2.28 bits per heavy atom. The third-order valence-corrected chi connectivity index (χ3v) is 6.21. The second kappa shape index (κ2) is 8.92. The Kier molecular flexibility index (Phi) is 6.34. The van der Waals surface area contributed by atoms with Gasteiger partial charge in [-0.05, 0) is 55.3 Å². The number of hydrogen-bond donors (Lipinski definition) is 0. The van der Waals surface area contributed by atoms with Crippen molar-refractivity contribution in [3.05, 3.63) is 90.0 Å². The lowest BCUT2D eigenvalue weighted by Gasteiger charge is -2.23. The van der Waals surface area contributed by atoms with Crippen molar-refractivity contribution >= 4 is 21.6 Å². The maximum Gasteiger partial charge on any atom is 0.278 e. The fourth-order valence-corrected chi connectivity index (χ4v) is 4.29. The molecular weight excluding hydrogens is 386 g/mol. The molecule has 150 valence electrons. The molecule has 0 heterocycles. The summed E-state index contributed by atoms with van der Waals surface area (Å²) in [4.78, 5) is 13.0. The summed E-state index contributed by atoms with van der Waals surface area (Å²) in [6.07, 6.45) is 0.836. The second-order valence-electron chi connectivity index (χ2n) is 6.60. The molecule has 0 spiro atoms. The number of anilines is 1. The van der Waals surface area contributed by atoms with Gasteiger partial charge in [-0.1, -0.05) is 55.0 Å². The molecule has 29 heavy (non-hydrogen) atoms. The average Bonchev–Trinajstić information content (AvgIpc) is 2.74. The minimum absolute atomic E-state index is 0.0434. The van der Waals surface area contributed by atoms with Crippen LogP contribution in [0.5, 0.6) is 5.75 Å². The summed E-state index contributed by atoms with van der Waals surface area (Å²) in [7, 11) is -4.08. The smallest absolute Gasteiger partial charge is 0.278 e. The second-order valence-corrected chi connectivity index (χ2v) is 8.39. The summed E-state index contributed by atoms with van der Waals surface area (Å²) in [6.45, 7) is 3.52. The van der Waals surface area contributed by atoms with Crippen molar-refractivity contribution in [2.24, 2.45) is 0 Å². The molecule has 0 aliphatic carbocycles. The molecule has 0 radical (unpaired) electrons. The maximum atomic E-state index is 13.2. The Morgan fingerprint density at radius 2 is 1.62 bits per heavy atom. The van der Waals surface area contributed by atoms with E-state index in [-0.39, 0.29) is 10.6 Å². The van der Waals surface area contributed by atoms with E-state index in [4.69, 9.17) is 4.74 Å². The minimum atomic E-state index is -4.08. The van der Waals surface area contributed by atoms with Gasteiger partial charge in [-0.15, -0.1) is 0 Å². The molecule has 0 aliphatic heterocycles. The van der Waals surface area contributed by atoms with Crippen molar-refractivity contribution in [3.8, 4) is 5.75 Å². The van der Waals surface area contributed by atoms with Crippen LogP contribution in [-0.2, 0) is 21.2 Å². The third kappa shape index (κ3) is 4.84. The van der Waals surface area contributed by atoms with Crippen LogP contribution in [0.3, 0.4) is 0 Å². The van der Waals surface area contributed by atoms with E-state index in [1.54, 1.807) is 48.5 Å². The minimum Gasteiger partial charge on any atom is -0.484 e. The lowest BCUT2D eigenvalue weighted by Crippen LogP contribution is -2.40. The van der Waals surface area contributed by atoms with Crippen LogP contribution in [0.2, 0.25) is 0 Å². The molecule has 0 fully saturated rings. The summed E-state index contributed by atoms with van der Waals surface area (Å²) in [6, 6.07) is 22.1. The van der Waals surface area contributed by atoms with Crippen molar-refractivity contribution < 1.29 is 17.9 Å². The van der Waals surface area contributed by atoms with Gasteiger partial charge in [-0.25, -0.2) is 8.42 Å². The summed E-state index contributed by atoms with van der Waals surface area (Å²) in [5.74, 6) is -0.140. The largest absolute Gasteiger partial charge is 0.484 e. The molecule has 0 saturated carbocycles. The zero-order chi connectivity index (χ0) is 20.9. The molecule has 6 heteroatoms. The summed E-state index contributed by atoms with van der Waals surface area (Å²) in [5, 5.41) is 0. The molecule has 0 saturated heterocycles. The van der Waals surface area contributed by atoms with Gasteiger partial charge in [0.15, 0.2) is 6.61 Å². The quantitative estimate of drug-likeness (QED) is 0.582. The first-order chi connectivity index (χ1) is 13.9. The van der Waals surface area contributed by atoms with Crippen molar-refractivity contribution in [1.29, 1.82) is 0 Å². The highest BCUT2D eigenvalue weighted by Crippen LogP contribution is 2.25. The molecule has 0 bridgehead atoms. The first-order valence-electron chi connectivity index (χ1n) is 9.33. The molecule has 3 aromatic rings. The molecule has 5 nitrogen and oxygen atoms in total. The molecule has 3 aromatic carbocycles. The van der Waals surface area contributed by atoms with Crippen molar-refractivity contribution in [1.82, 2.24) is 0 Å². The van der Waals surface area contributed by atoms with E-state index in [9.17, 15) is 13.2 Å². The Balaban J connectivity index is 1.92. The third-order valence-electron chi connectivity index (χ3n) is 4.45. The Bertz CT molecular complexity index is 1080. The van der Waals surface area contributed by atoms with Crippen LogP contribution in [0.25, 0.3) is 0 Å². The predicted octanol–water partition coefficient (Wildman–Crippen LogP) is 4.36. The van der Waals surface area contributed by atoms with Crippen LogP contribution in [-0.4, -0.2) is 20.9 Å². The van der Waals surface area contributed by atoms with Gasteiger partial charge >= 0.3 is 0 Å². The van der Waals surface area contributed by atoms with Crippen LogP contribution in [0.1, 0.15) is 18.1 Å². The van der Waals surface area contributed by atoms with E-state index in [2.05, 4.69) is 0 Å². The van der Waals surface area contributed by atoms with Gasteiger partial charge in [-0.3, -0.25) is 4.79 Å². The number of ether oxygens (including phenoxy) is 1. The Labute approximate surface area is 171 Å². The molecule has 1 amide bonds. The van der Waals surface area contributed by atoms with E-state index in [1.165, 1.54) is 12.1 Å². The van der Waals surface area contributed by atoms with Crippen LogP contribution < -0.4 is 9.04 Å². The lowest BCUT2D eigenvalue weighted by atomic mass is 10.2. The highest BCUT2D eigenvalue weighted by atomic mass is 32.2. The van der Waals surface area contributed by atoms with Gasteiger partial charge in [0.1, 0.15) is 5.75 Å². The summed E-state index contributed by atoms with van der Waals surface area (Å²) < 4.78 is 32.9. The molecule has 0 N–H and O–H groups in total. The van der Waals surface area contributed by atoms with Crippen molar-refractivity contribution in [2.75, 3.05) is 10.9 Å². The van der Waals surface area contributed by atoms with Crippen LogP contribution in [0.4, 0.5) is 5.69 Å². The highest BCUT2D eigenvalue weighted by Gasteiger charge is 2.31. The fraction of sp³-hybridized carbons (Fsp3) is 0.174. The van der Waals surface area contributed by atoms with E-state index >= 15 is 0 Å². The van der Waals surface area contributed by atoms with Gasteiger partial charge < -0.3 is 4.74 Å². The number of amides is 1. The van der Waals surface area contributed by atoms with Gasteiger partial charge in [0.25, 0.3) is 15.9 Å². The van der Waals surface area contributed by atoms with E-state index in [1.807, 2.05) is 32.0 Å². The zero-order valence-electron chi connectivity index (χ0n) is 16.4. The number of benzene rings is 3. The highest BCUT2D eigenvalue weighted by molar-refractivity contribution is 7.93. The van der Waals surface area contributed by atoms with Crippen LogP contribution in [0, 0.1) is 6.92 Å². The summed E-state index contributed by atoms with van der Waals surface area (Å²) >= 11 is 0. The molecule has 0 aliphatic rings. The number of carbonyl (C=O) groups is 1. The van der Waals surface area contributed by atoms with Crippen molar-refractivity contribution in [3.63, 3.8) is 0 Å². The number of aryl methyl sites for hydroxylation is 2. The van der Waals surface area contributed by atoms with Gasteiger partial charge in [0.2, 0.25) is 0 Å². The predicted molar refractivity (Wildman–Crippen MR) is 114 cm³/mol. The topological polar surface area (TPSA) is 63.7 Å². The van der Waals surface area contributed by atoms with Crippen LogP contribution in [0.15, 0.2) is 83.8 Å². The Morgan fingerprint density at radius 1 is 0.931 bits per heavy atom. The molecule has 0 aromatic heterocycles. The van der Waals surface area contributed by atoms with Gasteiger partial charge in [0, 0.05) is 0 Å². The lowest BCUT2D eigenvalue weighted by molar-refractivity contribution is -0.119. The van der Waals surface area contributed by atoms with Crippen LogP contribution >= 0.6 is 0 Å². The number of rotatable bonds is 7.